The zero-order valence-corrected chi connectivity index (χ0v) is 24.4. The molecule has 4 aliphatic rings. The summed E-state index contributed by atoms with van der Waals surface area (Å²) in [5.74, 6) is -0.987. The number of amides is 3. The number of likely N-dealkylation sites (tertiary alicyclic amines) is 3. The van der Waals surface area contributed by atoms with E-state index in [4.69, 9.17) is 4.74 Å². The van der Waals surface area contributed by atoms with Gasteiger partial charge in [0.15, 0.2) is 0 Å². The zero-order chi connectivity index (χ0) is 30.6. The van der Waals surface area contributed by atoms with Gasteiger partial charge < -0.3 is 19.9 Å². The summed E-state index contributed by atoms with van der Waals surface area (Å²) in [6.07, 6.45) is 1.25. The number of fused-ring (bicyclic) bond motifs is 3. The van der Waals surface area contributed by atoms with Crippen LogP contribution in [0, 0.1) is 28.9 Å². The highest BCUT2D eigenvalue weighted by Crippen LogP contribution is 2.48. The number of rotatable bonds is 7. The Morgan fingerprint density at radius 3 is 2.16 bits per heavy atom. The smallest absolute Gasteiger partial charge is 0.408 e. The van der Waals surface area contributed by atoms with Crippen molar-refractivity contribution < 1.29 is 27.9 Å². The van der Waals surface area contributed by atoms with Crippen molar-refractivity contribution in [1.29, 1.82) is 5.26 Å². The van der Waals surface area contributed by atoms with Crippen LogP contribution in [0.5, 0.6) is 0 Å². The van der Waals surface area contributed by atoms with Crippen molar-refractivity contribution in [2.75, 3.05) is 13.1 Å². The number of hydrogen-bond donors (Lipinski definition) is 1. The van der Waals surface area contributed by atoms with Gasteiger partial charge in [0.25, 0.3) is 0 Å². The Morgan fingerprint density at radius 2 is 1.63 bits per heavy atom. The number of hydrogen-bond acceptors (Lipinski definition) is 6. The molecule has 6 atom stereocenters. The van der Waals surface area contributed by atoms with Crippen LogP contribution < -0.4 is 5.32 Å². The van der Waals surface area contributed by atoms with E-state index in [1.807, 2.05) is 4.90 Å². The van der Waals surface area contributed by atoms with Gasteiger partial charge in [-0.15, -0.1) is 0 Å². The average molecular weight is 592 g/mol. The van der Waals surface area contributed by atoms with Gasteiger partial charge >= 0.3 is 6.09 Å². The number of piperidine rings is 1. The van der Waals surface area contributed by atoms with Gasteiger partial charge in [-0.1, -0.05) is 24.3 Å². The molecule has 0 spiro atoms. The fourth-order valence-electron chi connectivity index (χ4n) is 6.97. The summed E-state index contributed by atoms with van der Waals surface area (Å²) in [5.41, 5.74) is 0.632. The van der Waals surface area contributed by atoms with Crippen molar-refractivity contribution in [2.24, 2.45) is 5.92 Å². The van der Waals surface area contributed by atoms with Gasteiger partial charge in [-0.2, -0.15) is 5.26 Å². The van der Waals surface area contributed by atoms with Crippen LogP contribution in [-0.2, 0) is 14.3 Å². The molecule has 1 saturated carbocycles. The molecule has 9 nitrogen and oxygen atoms in total. The fourth-order valence-corrected chi connectivity index (χ4v) is 6.97. The van der Waals surface area contributed by atoms with Crippen molar-refractivity contribution in [1.82, 2.24) is 20.0 Å². The van der Waals surface area contributed by atoms with Crippen LogP contribution in [-0.4, -0.2) is 81.5 Å². The molecule has 1 N–H and O–H groups in total. The number of nitrogens with zero attached hydrogens (tertiary/aromatic N) is 4. The summed E-state index contributed by atoms with van der Waals surface area (Å²) in [5, 5.41) is 12.4. The van der Waals surface area contributed by atoms with E-state index in [0.29, 0.717) is 36.4 Å². The summed E-state index contributed by atoms with van der Waals surface area (Å²) in [6, 6.07) is 11.3. The number of nitriles is 1. The standard InChI is InChI=1S/C32H35F2N5O4/c1-32(2,3)43-31(42)36-25(29(40)38-23(15-35)12-20-13-26(20)38)17-37-16-24-14-27(37)30(41)39(24)28(18-4-8-21(33)9-5-18)19-6-10-22(34)11-7-19/h4-11,20,23-28H,12-14,16-17H2,1-3H3,(H,36,42)/t20-,23+,24+,25+,26+,27+/m1/s1. The molecule has 3 amide bonds. The SMILES string of the molecule is CC(C)(C)OC(=O)N[C@@H](CN1C[C@@H]2C[C@H]1C(=O)N2C(c1ccc(F)cc1)c1ccc(F)cc1)C(=O)N1[C@H](C#N)C[C@@H]2C[C@@H]21. The molecule has 4 fully saturated rings. The van der Waals surface area contributed by atoms with Gasteiger partial charge in [-0.3, -0.25) is 14.5 Å². The molecule has 2 bridgehead atoms. The molecule has 2 aromatic rings. The van der Waals surface area contributed by atoms with E-state index in [1.165, 1.54) is 24.3 Å². The lowest BCUT2D eigenvalue weighted by Crippen LogP contribution is -2.59. The largest absolute Gasteiger partial charge is 0.444 e. The topological polar surface area (TPSA) is 106 Å². The minimum atomic E-state index is -1.00. The van der Waals surface area contributed by atoms with Crippen molar-refractivity contribution >= 4 is 17.9 Å². The van der Waals surface area contributed by atoms with Crippen molar-refractivity contribution in [2.45, 2.75) is 81.9 Å². The number of carbonyl (C=O) groups excluding carboxylic acids is 3. The van der Waals surface area contributed by atoms with Gasteiger partial charge in [-0.25, -0.2) is 13.6 Å². The lowest BCUT2D eigenvalue weighted by molar-refractivity contribution is -0.141. The minimum Gasteiger partial charge on any atom is -0.444 e. The maximum atomic E-state index is 14.0. The second-order valence-electron chi connectivity index (χ2n) is 13.0. The van der Waals surface area contributed by atoms with Crippen molar-refractivity contribution in [3.05, 3.63) is 71.3 Å². The van der Waals surface area contributed by atoms with E-state index in [-0.39, 0.29) is 30.4 Å². The summed E-state index contributed by atoms with van der Waals surface area (Å²) in [7, 11) is 0. The molecule has 0 aromatic heterocycles. The zero-order valence-electron chi connectivity index (χ0n) is 24.4. The molecular formula is C32H35F2N5O4. The van der Waals surface area contributed by atoms with Gasteiger partial charge in [0, 0.05) is 25.2 Å². The number of halogens is 2. The predicted molar refractivity (Wildman–Crippen MR) is 151 cm³/mol. The van der Waals surface area contributed by atoms with Crippen LogP contribution in [0.3, 0.4) is 0 Å². The fraction of sp³-hybridized carbons (Fsp3) is 0.500. The first-order valence-electron chi connectivity index (χ1n) is 14.7. The summed E-state index contributed by atoms with van der Waals surface area (Å²) in [6.45, 7) is 5.73. The number of nitrogens with one attached hydrogen (secondary N) is 1. The molecule has 43 heavy (non-hydrogen) atoms. The van der Waals surface area contributed by atoms with Gasteiger partial charge in [0.2, 0.25) is 11.8 Å². The predicted octanol–water partition coefficient (Wildman–Crippen LogP) is 3.75. The number of carbonyl (C=O) groups is 3. The van der Waals surface area contributed by atoms with E-state index in [9.17, 15) is 28.4 Å². The van der Waals surface area contributed by atoms with Gasteiger partial charge in [-0.05, 0) is 81.3 Å². The van der Waals surface area contributed by atoms with E-state index >= 15 is 0 Å². The first kappa shape index (κ1) is 29.1. The Labute approximate surface area is 249 Å². The maximum Gasteiger partial charge on any atom is 0.408 e. The Balaban J connectivity index is 1.24. The summed E-state index contributed by atoms with van der Waals surface area (Å²) in [4.78, 5) is 45.9. The molecular weight excluding hydrogens is 556 g/mol. The third kappa shape index (κ3) is 5.68. The maximum absolute atomic E-state index is 14.0. The van der Waals surface area contributed by atoms with Crippen LogP contribution >= 0.6 is 0 Å². The van der Waals surface area contributed by atoms with E-state index in [1.54, 1.807) is 54.8 Å². The molecule has 0 radical (unpaired) electrons. The van der Waals surface area contributed by atoms with Crippen molar-refractivity contribution in [3.63, 3.8) is 0 Å². The lowest BCUT2D eigenvalue weighted by Gasteiger charge is -2.40. The number of piperazine rings is 1. The molecule has 2 aromatic carbocycles. The Morgan fingerprint density at radius 1 is 1.02 bits per heavy atom. The van der Waals surface area contributed by atoms with Gasteiger partial charge in [0.05, 0.1) is 18.2 Å². The molecule has 3 heterocycles. The molecule has 3 saturated heterocycles. The summed E-state index contributed by atoms with van der Waals surface area (Å²) < 4.78 is 33.0. The Bertz CT molecular complexity index is 1410. The first-order valence-corrected chi connectivity index (χ1v) is 14.7. The normalized spacial score (nSPS) is 26.8. The van der Waals surface area contributed by atoms with Crippen molar-refractivity contribution in [3.8, 4) is 6.07 Å². The van der Waals surface area contributed by atoms with E-state index in [0.717, 1.165) is 6.42 Å². The Kier molecular flexibility index (Phi) is 7.37. The summed E-state index contributed by atoms with van der Waals surface area (Å²) >= 11 is 0. The number of ether oxygens (including phenoxy) is 1. The van der Waals surface area contributed by atoms with E-state index in [2.05, 4.69) is 11.4 Å². The number of benzene rings is 2. The van der Waals surface area contributed by atoms with E-state index < -0.39 is 47.5 Å². The molecule has 0 unspecified atom stereocenters. The van der Waals surface area contributed by atoms with Crippen LogP contribution in [0.15, 0.2) is 48.5 Å². The highest BCUT2D eigenvalue weighted by atomic mass is 19.1. The second-order valence-corrected chi connectivity index (χ2v) is 13.0. The lowest BCUT2D eigenvalue weighted by atomic mass is 9.95. The molecule has 6 rings (SSSR count). The van der Waals surface area contributed by atoms with Gasteiger partial charge in [0.1, 0.15) is 29.3 Å². The highest BCUT2D eigenvalue weighted by Gasteiger charge is 2.57. The average Bonchev–Trinajstić information content (AvgIpc) is 3.27. The first-order chi connectivity index (χ1) is 20.4. The molecule has 11 heteroatoms. The van der Waals surface area contributed by atoms with Crippen LogP contribution in [0.4, 0.5) is 13.6 Å². The highest BCUT2D eigenvalue weighted by molar-refractivity contribution is 5.89. The molecule has 1 aliphatic carbocycles. The van der Waals surface area contributed by atoms with Crippen LogP contribution in [0.1, 0.15) is 57.2 Å². The molecule has 226 valence electrons. The monoisotopic (exact) mass is 591 g/mol. The quantitative estimate of drug-likeness (QED) is 0.526. The third-order valence-corrected chi connectivity index (χ3v) is 8.88. The van der Waals surface area contributed by atoms with Crippen LogP contribution in [0.25, 0.3) is 0 Å². The Hall–Kier alpha value is -4.04. The molecule has 3 aliphatic heterocycles. The second kappa shape index (κ2) is 10.9. The van der Waals surface area contributed by atoms with Crippen LogP contribution in [0.2, 0.25) is 0 Å². The number of alkyl carbamates (subject to hydrolysis) is 1. The minimum absolute atomic E-state index is 0.000541. The third-order valence-electron chi connectivity index (χ3n) is 8.88.